The third-order valence-corrected chi connectivity index (χ3v) is 7.65. The van der Waals surface area contributed by atoms with Crippen LogP contribution in [0.1, 0.15) is 24.2 Å². The molecule has 0 saturated heterocycles. The molecule has 1 aromatic heterocycles. The molecule has 2 N–H and O–H groups in total. The molecule has 28 heavy (non-hydrogen) atoms. The number of hydrogen-bond acceptors (Lipinski definition) is 6. The molecule has 0 radical (unpaired) electrons. The zero-order valence-corrected chi connectivity index (χ0v) is 17.8. The van der Waals surface area contributed by atoms with E-state index in [4.69, 9.17) is 0 Å². The number of thiophene rings is 1. The van der Waals surface area contributed by atoms with Crippen molar-refractivity contribution in [1.82, 2.24) is 10.6 Å². The second kappa shape index (κ2) is 9.70. The molecule has 2 amide bonds. The second-order valence-electron chi connectivity index (χ2n) is 6.42. The van der Waals surface area contributed by atoms with Gasteiger partial charge in [-0.3, -0.25) is 9.59 Å². The Bertz CT molecular complexity index is 892. The van der Waals surface area contributed by atoms with Gasteiger partial charge in [0.25, 0.3) is 0 Å². The maximum absolute atomic E-state index is 13.1. The van der Waals surface area contributed by atoms with Gasteiger partial charge in [-0.15, -0.1) is 11.3 Å². The van der Waals surface area contributed by atoms with Crippen molar-refractivity contribution < 1.29 is 18.0 Å². The van der Waals surface area contributed by atoms with Crippen molar-refractivity contribution in [3.05, 3.63) is 47.3 Å². The molecule has 2 aromatic rings. The maximum atomic E-state index is 13.1. The third kappa shape index (κ3) is 5.32. The van der Waals surface area contributed by atoms with Gasteiger partial charge in [0.15, 0.2) is 9.84 Å². The Kier molecular flexibility index (Phi) is 7.59. The van der Waals surface area contributed by atoms with Gasteiger partial charge in [-0.2, -0.15) is 0 Å². The molecule has 0 aliphatic heterocycles. The van der Waals surface area contributed by atoms with Crippen LogP contribution >= 0.6 is 11.3 Å². The molecule has 0 fully saturated rings. The average molecular weight is 424 g/mol. The average Bonchev–Trinajstić information content (AvgIpc) is 3.22. The molecule has 0 saturated carbocycles. The lowest BCUT2D eigenvalue weighted by Gasteiger charge is -2.19. The van der Waals surface area contributed by atoms with Gasteiger partial charge in [-0.05, 0) is 35.6 Å². The van der Waals surface area contributed by atoms with Gasteiger partial charge < -0.3 is 15.5 Å². The Labute approximate surface area is 169 Å². The summed E-state index contributed by atoms with van der Waals surface area (Å²) in [5, 5.41) is 5.63. The zero-order valence-electron chi connectivity index (χ0n) is 16.1. The van der Waals surface area contributed by atoms with E-state index in [9.17, 15) is 18.0 Å². The summed E-state index contributed by atoms with van der Waals surface area (Å²) in [6.07, 6.45) is 0.701. The number of rotatable bonds is 8. The summed E-state index contributed by atoms with van der Waals surface area (Å²) in [6, 6.07) is 10.3. The van der Waals surface area contributed by atoms with Crippen LogP contribution in [0, 0.1) is 0 Å². The minimum Gasteiger partial charge on any atom is -0.378 e. The largest absolute Gasteiger partial charge is 0.378 e. The second-order valence-corrected chi connectivity index (χ2v) is 9.72. The number of benzene rings is 1. The lowest BCUT2D eigenvalue weighted by atomic mass is 10.1. The van der Waals surface area contributed by atoms with Crippen LogP contribution < -0.4 is 15.5 Å². The Balaban J connectivity index is 2.27. The minimum atomic E-state index is -3.72. The summed E-state index contributed by atoms with van der Waals surface area (Å²) < 4.78 is 26.5. The molecule has 0 bridgehead atoms. The number of hydrogen-bond donors (Lipinski definition) is 2. The summed E-state index contributed by atoms with van der Waals surface area (Å²) in [5.74, 6) is -1.61. The van der Waals surface area contributed by atoms with Crippen molar-refractivity contribution in [1.29, 1.82) is 0 Å². The van der Waals surface area contributed by atoms with Crippen molar-refractivity contribution in [3.63, 3.8) is 0 Å². The van der Waals surface area contributed by atoms with E-state index < -0.39 is 26.9 Å². The van der Waals surface area contributed by atoms with Crippen molar-refractivity contribution >= 4 is 38.7 Å². The van der Waals surface area contributed by atoms with E-state index in [0.29, 0.717) is 18.5 Å². The minimum absolute atomic E-state index is 0.195. The molecule has 9 heteroatoms. The van der Waals surface area contributed by atoms with Crippen LogP contribution in [0.2, 0.25) is 0 Å². The molecule has 0 aliphatic rings. The molecular weight excluding hydrogens is 398 g/mol. The quantitative estimate of drug-likeness (QED) is 0.633. The molecule has 2 rings (SSSR count). The van der Waals surface area contributed by atoms with E-state index in [0.717, 1.165) is 17.0 Å². The fraction of sp³-hybridized carbons (Fsp3) is 0.368. The first kappa shape index (κ1) is 21.9. The van der Waals surface area contributed by atoms with E-state index in [1.165, 1.54) is 6.07 Å². The van der Waals surface area contributed by atoms with Gasteiger partial charge in [0, 0.05) is 32.9 Å². The van der Waals surface area contributed by atoms with Crippen LogP contribution in [0.5, 0.6) is 0 Å². The van der Waals surface area contributed by atoms with Crippen LogP contribution in [-0.2, 0) is 19.4 Å². The lowest BCUT2D eigenvalue weighted by Crippen LogP contribution is -2.42. The highest BCUT2D eigenvalue weighted by Gasteiger charge is 2.31. The molecule has 152 valence electrons. The number of nitrogens with one attached hydrogen (secondary N) is 2. The highest BCUT2D eigenvalue weighted by atomic mass is 32.2. The van der Waals surface area contributed by atoms with Gasteiger partial charge in [0.2, 0.25) is 0 Å². The summed E-state index contributed by atoms with van der Waals surface area (Å²) in [4.78, 5) is 25.7. The first-order valence-corrected chi connectivity index (χ1v) is 11.3. The Morgan fingerprint density at radius 2 is 1.71 bits per heavy atom. The van der Waals surface area contributed by atoms with Gasteiger partial charge in [0.1, 0.15) is 9.46 Å². The topological polar surface area (TPSA) is 95.6 Å². The third-order valence-electron chi connectivity index (χ3n) is 4.12. The molecule has 1 heterocycles. The highest BCUT2D eigenvalue weighted by molar-refractivity contribution is 7.93. The predicted molar refractivity (Wildman–Crippen MR) is 111 cm³/mol. The fourth-order valence-corrected chi connectivity index (χ4v) is 5.41. The van der Waals surface area contributed by atoms with Gasteiger partial charge in [0.05, 0.1) is 0 Å². The Morgan fingerprint density at radius 3 is 2.25 bits per heavy atom. The Hall–Kier alpha value is -2.39. The van der Waals surface area contributed by atoms with Crippen molar-refractivity contribution in [2.75, 3.05) is 32.1 Å². The molecule has 1 atom stereocenters. The van der Waals surface area contributed by atoms with E-state index in [1.54, 1.807) is 23.6 Å². The number of carbonyl (C=O) groups is 2. The van der Waals surface area contributed by atoms with Gasteiger partial charge in [-0.25, -0.2) is 8.42 Å². The standard InChI is InChI=1S/C19H25N3O4S2/c1-4-11-20-18(23)19(24)21-13-16(28(25,26)17-6-5-12-27-17)14-7-9-15(10-8-14)22(2)3/h5-10,12,16H,4,11,13H2,1-3H3,(H,20,23)(H,21,24)/t16-/m1/s1. The summed E-state index contributed by atoms with van der Waals surface area (Å²) in [7, 11) is 0.0620. The van der Waals surface area contributed by atoms with Crippen LogP contribution in [0.3, 0.4) is 0 Å². The monoisotopic (exact) mass is 423 g/mol. The number of carbonyl (C=O) groups excluding carboxylic acids is 2. The highest BCUT2D eigenvalue weighted by Crippen LogP contribution is 2.32. The predicted octanol–water partition coefficient (Wildman–Crippen LogP) is 1.97. The van der Waals surface area contributed by atoms with Gasteiger partial charge in [-0.1, -0.05) is 25.1 Å². The number of nitrogens with zero attached hydrogens (tertiary/aromatic N) is 1. The summed E-state index contributed by atoms with van der Waals surface area (Å²) in [5.41, 5.74) is 1.48. The SMILES string of the molecule is CCCNC(=O)C(=O)NC[C@H](c1ccc(N(C)C)cc1)S(=O)(=O)c1cccs1. The maximum Gasteiger partial charge on any atom is 0.309 e. The van der Waals surface area contributed by atoms with E-state index >= 15 is 0 Å². The van der Waals surface area contributed by atoms with Crippen LogP contribution in [0.4, 0.5) is 5.69 Å². The van der Waals surface area contributed by atoms with E-state index in [2.05, 4.69) is 10.6 Å². The molecule has 0 spiro atoms. The van der Waals surface area contributed by atoms with Crippen LogP contribution in [0.15, 0.2) is 46.0 Å². The molecule has 7 nitrogen and oxygen atoms in total. The number of anilines is 1. The molecular formula is C19H25N3O4S2. The van der Waals surface area contributed by atoms with Crippen molar-refractivity contribution in [3.8, 4) is 0 Å². The normalized spacial score (nSPS) is 12.2. The first-order chi connectivity index (χ1) is 13.3. The summed E-state index contributed by atoms with van der Waals surface area (Å²) >= 11 is 1.12. The molecule has 1 aromatic carbocycles. The Morgan fingerprint density at radius 1 is 1.07 bits per heavy atom. The van der Waals surface area contributed by atoms with Crippen molar-refractivity contribution in [2.45, 2.75) is 22.8 Å². The zero-order chi connectivity index (χ0) is 20.7. The van der Waals surface area contributed by atoms with Crippen LogP contribution in [-0.4, -0.2) is 47.4 Å². The fourth-order valence-electron chi connectivity index (χ4n) is 2.54. The van der Waals surface area contributed by atoms with E-state index in [-0.39, 0.29) is 10.8 Å². The van der Waals surface area contributed by atoms with Crippen LogP contribution in [0.25, 0.3) is 0 Å². The number of sulfone groups is 1. The molecule has 0 aliphatic carbocycles. The summed E-state index contributed by atoms with van der Waals surface area (Å²) in [6.45, 7) is 2.06. The molecule has 0 unspecified atom stereocenters. The lowest BCUT2D eigenvalue weighted by molar-refractivity contribution is -0.139. The van der Waals surface area contributed by atoms with E-state index in [1.807, 2.05) is 38.1 Å². The van der Waals surface area contributed by atoms with Gasteiger partial charge >= 0.3 is 11.8 Å². The first-order valence-electron chi connectivity index (χ1n) is 8.88. The smallest absolute Gasteiger partial charge is 0.309 e. The van der Waals surface area contributed by atoms with Crippen molar-refractivity contribution in [2.24, 2.45) is 0 Å². The number of amides is 2.